The molecule has 0 saturated heterocycles. The molecule has 8 nitrogen and oxygen atoms in total. The molecule has 0 saturated carbocycles. The third kappa shape index (κ3) is 5.91. The number of aromatic nitrogens is 1. The van der Waals surface area contributed by atoms with Crippen LogP contribution in [0.15, 0.2) is 103 Å². The van der Waals surface area contributed by atoms with Gasteiger partial charge in [-0.05, 0) is 28.0 Å². The molecular formula is C32H27N3O5. The maximum atomic E-state index is 13.1. The van der Waals surface area contributed by atoms with Gasteiger partial charge in [0.25, 0.3) is 5.91 Å². The molecule has 4 aromatic carbocycles. The van der Waals surface area contributed by atoms with E-state index in [1.54, 1.807) is 6.07 Å². The molecule has 0 spiro atoms. The van der Waals surface area contributed by atoms with Gasteiger partial charge in [0.1, 0.15) is 18.3 Å². The molecule has 0 fully saturated rings. The molecule has 1 aromatic heterocycles. The summed E-state index contributed by atoms with van der Waals surface area (Å²) >= 11 is 0. The quantitative estimate of drug-likeness (QED) is 0.264. The Morgan fingerprint density at radius 3 is 2.27 bits per heavy atom. The van der Waals surface area contributed by atoms with E-state index in [-0.39, 0.29) is 18.8 Å². The predicted molar refractivity (Wildman–Crippen MR) is 153 cm³/mol. The number of carbonyl (C=O) groups excluding carboxylic acids is 3. The minimum atomic E-state index is -1.15. The van der Waals surface area contributed by atoms with Gasteiger partial charge in [-0.1, -0.05) is 97.1 Å². The third-order valence-electron chi connectivity index (χ3n) is 6.49. The number of carbonyl (C=O) groups is 3. The Kier molecular flexibility index (Phi) is 7.97. The Bertz CT molecular complexity index is 1680. The van der Waals surface area contributed by atoms with Crippen molar-refractivity contribution < 1.29 is 23.9 Å². The topological polar surface area (TPSA) is 107 Å². The zero-order chi connectivity index (χ0) is 27.9. The van der Waals surface area contributed by atoms with Crippen molar-refractivity contribution in [1.29, 1.82) is 0 Å². The van der Waals surface area contributed by atoms with Crippen LogP contribution in [0.4, 0.5) is 4.79 Å². The van der Waals surface area contributed by atoms with E-state index in [0.29, 0.717) is 5.52 Å². The number of amides is 2. The lowest BCUT2D eigenvalue weighted by molar-refractivity contribution is -0.142. The molecule has 1 atom stereocenters. The zero-order valence-corrected chi connectivity index (χ0v) is 21.8. The van der Waals surface area contributed by atoms with Gasteiger partial charge in [-0.25, -0.2) is 14.6 Å². The van der Waals surface area contributed by atoms with E-state index in [2.05, 4.69) is 33.8 Å². The molecule has 1 heterocycles. The second-order valence-corrected chi connectivity index (χ2v) is 9.09. The van der Waals surface area contributed by atoms with Crippen LogP contribution in [-0.4, -0.2) is 42.7 Å². The van der Waals surface area contributed by atoms with Crippen LogP contribution in [0.1, 0.15) is 16.1 Å². The van der Waals surface area contributed by atoms with Crippen molar-refractivity contribution >= 4 is 39.6 Å². The van der Waals surface area contributed by atoms with E-state index >= 15 is 0 Å². The van der Waals surface area contributed by atoms with Crippen molar-refractivity contribution in [1.82, 2.24) is 15.6 Å². The molecule has 1 unspecified atom stereocenters. The fourth-order valence-electron chi connectivity index (χ4n) is 4.48. The number of fused-ring (bicyclic) bond motifs is 2. The first-order chi connectivity index (χ1) is 19.5. The number of nitrogens with one attached hydrogen (secondary N) is 2. The summed E-state index contributed by atoms with van der Waals surface area (Å²) in [4.78, 5) is 42.4. The minimum Gasteiger partial charge on any atom is -0.467 e. The van der Waals surface area contributed by atoms with Gasteiger partial charge in [0.05, 0.1) is 12.6 Å². The highest BCUT2D eigenvalue weighted by atomic mass is 16.6. The molecule has 2 amide bonds. The van der Waals surface area contributed by atoms with E-state index in [9.17, 15) is 14.4 Å². The molecule has 0 aliphatic heterocycles. The summed E-state index contributed by atoms with van der Waals surface area (Å²) in [5.74, 6) is -1.22. The Morgan fingerprint density at radius 1 is 0.775 bits per heavy atom. The number of benzene rings is 4. The lowest BCUT2D eigenvalue weighted by Gasteiger charge is -2.17. The lowest BCUT2D eigenvalue weighted by atomic mass is 9.96. The molecule has 0 aliphatic carbocycles. The van der Waals surface area contributed by atoms with Crippen molar-refractivity contribution in [3.8, 4) is 11.1 Å². The van der Waals surface area contributed by atoms with Gasteiger partial charge < -0.3 is 20.1 Å². The average molecular weight is 534 g/mol. The maximum Gasteiger partial charge on any atom is 0.408 e. The number of rotatable bonds is 8. The number of methoxy groups -OCH3 is 1. The maximum absolute atomic E-state index is 13.1. The van der Waals surface area contributed by atoms with Crippen LogP contribution in [0.2, 0.25) is 0 Å². The summed E-state index contributed by atoms with van der Waals surface area (Å²) in [5, 5.41) is 8.20. The first-order valence-corrected chi connectivity index (χ1v) is 12.7. The highest BCUT2D eigenvalue weighted by Gasteiger charge is 2.24. The predicted octanol–water partition coefficient (Wildman–Crippen LogP) is 5.25. The van der Waals surface area contributed by atoms with Crippen molar-refractivity contribution in [3.63, 3.8) is 0 Å². The van der Waals surface area contributed by atoms with E-state index in [1.165, 1.54) is 7.11 Å². The number of pyridine rings is 1. The smallest absolute Gasteiger partial charge is 0.408 e. The summed E-state index contributed by atoms with van der Waals surface area (Å²) in [6.45, 7) is -0.177. The van der Waals surface area contributed by atoms with E-state index in [1.807, 2.05) is 78.9 Å². The monoisotopic (exact) mass is 533 g/mol. The largest absolute Gasteiger partial charge is 0.467 e. The van der Waals surface area contributed by atoms with Gasteiger partial charge in [-0.15, -0.1) is 0 Å². The van der Waals surface area contributed by atoms with Crippen molar-refractivity contribution in [2.24, 2.45) is 0 Å². The standard InChI is InChI=1S/C32H27N3O5/c1-39-31(37)28(35-32(38)40-20-21-9-3-2-4-10-21)19-33-30(36)27-18-17-23-13-8-16-26(29(23)34-27)25-15-7-12-22-11-5-6-14-24(22)25/h2-18,28H,19-20H2,1H3,(H,33,36)(H,35,38). The van der Waals surface area contributed by atoms with Crippen LogP contribution in [-0.2, 0) is 20.9 Å². The molecule has 40 heavy (non-hydrogen) atoms. The Hall–Kier alpha value is -5.24. The average Bonchev–Trinajstić information content (AvgIpc) is 3.01. The molecular weight excluding hydrogens is 506 g/mol. The van der Waals surface area contributed by atoms with Crippen LogP contribution in [0.5, 0.6) is 0 Å². The SMILES string of the molecule is COC(=O)C(CNC(=O)c1ccc2cccc(-c3cccc4ccccc34)c2n1)NC(=O)OCc1ccccc1. The van der Waals surface area contributed by atoms with Crippen LogP contribution in [0.3, 0.4) is 0 Å². The van der Waals surface area contributed by atoms with Crippen LogP contribution < -0.4 is 10.6 Å². The number of hydrogen-bond acceptors (Lipinski definition) is 6. The molecule has 2 N–H and O–H groups in total. The number of esters is 1. The summed E-state index contributed by atoms with van der Waals surface area (Å²) in [5.41, 5.74) is 3.57. The molecule has 5 rings (SSSR count). The number of ether oxygens (including phenoxy) is 2. The molecule has 5 aromatic rings. The van der Waals surface area contributed by atoms with Gasteiger partial charge in [0, 0.05) is 17.5 Å². The van der Waals surface area contributed by atoms with E-state index in [0.717, 1.165) is 32.8 Å². The lowest BCUT2D eigenvalue weighted by Crippen LogP contribution is -2.49. The molecule has 8 heteroatoms. The van der Waals surface area contributed by atoms with Crippen molar-refractivity contribution in [2.75, 3.05) is 13.7 Å². The van der Waals surface area contributed by atoms with Crippen molar-refractivity contribution in [2.45, 2.75) is 12.6 Å². The van der Waals surface area contributed by atoms with Gasteiger partial charge >= 0.3 is 12.1 Å². The van der Waals surface area contributed by atoms with Gasteiger partial charge in [-0.3, -0.25) is 4.79 Å². The normalized spacial score (nSPS) is 11.5. The minimum absolute atomic E-state index is 0.0347. The van der Waals surface area contributed by atoms with E-state index < -0.39 is 24.0 Å². The number of alkyl carbamates (subject to hydrolysis) is 1. The summed E-state index contributed by atoms with van der Waals surface area (Å²) in [7, 11) is 1.20. The summed E-state index contributed by atoms with van der Waals surface area (Å²) < 4.78 is 9.99. The fourth-order valence-corrected chi connectivity index (χ4v) is 4.48. The van der Waals surface area contributed by atoms with Crippen LogP contribution in [0.25, 0.3) is 32.8 Å². The molecule has 0 radical (unpaired) electrons. The first kappa shape index (κ1) is 26.4. The van der Waals surface area contributed by atoms with Gasteiger partial charge in [0.2, 0.25) is 0 Å². The Labute approximate surface area is 230 Å². The Morgan fingerprint density at radius 2 is 1.48 bits per heavy atom. The first-order valence-electron chi connectivity index (χ1n) is 12.7. The van der Waals surface area contributed by atoms with E-state index in [4.69, 9.17) is 9.47 Å². The number of nitrogens with zero attached hydrogens (tertiary/aromatic N) is 1. The molecule has 0 aliphatic rings. The second-order valence-electron chi connectivity index (χ2n) is 9.09. The number of para-hydroxylation sites is 1. The van der Waals surface area contributed by atoms with Gasteiger partial charge in [0.15, 0.2) is 0 Å². The van der Waals surface area contributed by atoms with Gasteiger partial charge in [-0.2, -0.15) is 0 Å². The summed E-state index contributed by atoms with van der Waals surface area (Å²) in [6, 6.07) is 31.5. The van der Waals surface area contributed by atoms with Crippen molar-refractivity contribution in [3.05, 3.63) is 114 Å². The fraction of sp³-hybridized carbons (Fsp3) is 0.125. The highest BCUT2D eigenvalue weighted by Crippen LogP contribution is 2.33. The Balaban J connectivity index is 1.32. The van der Waals surface area contributed by atoms with Crippen LogP contribution in [0, 0.1) is 0 Å². The summed E-state index contributed by atoms with van der Waals surface area (Å²) in [6.07, 6.45) is -0.808. The second kappa shape index (κ2) is 12.1. The molecule has 0 bridgehead atoms. The molecule has 200 valence electrons. The van der Waals surface area contributed by atoms with Crippen LogP contribution >= 0.6 is 0 Å². The number of hydrogen-bond donors (Lipinski definition) is 2. The zero-order valence-electron chi connectivity index (χ0n) is 21.8. The third-order valence-corrected chi connectivity index (χ3v) is 6.49. The highest BCUT2D eigenvalue weighted by molar-refractivity contribution is 6.05.